The third-order valence-electron chi connectivity index (χ3n) is 4.71. The standard InChI is InChI=1S/C20H22N2O2/c1-14(20(24)22-18-11-4-5-12-21-18)16-9-6-10-17(13-16)19(23)15-7-2-3-8-15/h4-6,9-15H,2-3,7-8H2,1H3,(H,21,22,24)/t14-/m1/s1. The van der Waals surface area contributed by atoms with E-state index >= 15 is 0 Å². The molecular formula is C20H22N2O2. The van der Waals surface area contributed by atoms with E-state index in [2.05, 4.69) is 10.3 Å². The minimum Gasteiger partial charge on any atom is -0.310 e. The van der Waals surface area contributed by atoms with E-state index in [1.54, 1.807) is 18.3 Å². The second-order valence-corrected chi connectivity index (χ2v) is 6.40. The highest BCUT2D eigenvalue weighted by Gasteiger charge is 2.24. The molecule has 3 rings (SSSR count). The number of ketones is 1. The Balaban J connectivity index is 1.72. The molecule has 124 valence electrons. The van der Waals surface area contributed by atoms with Gasteiger partial charge in [0, 0.05) is 17.7 Å². The van der Waals surface area contributed by atoms with Crippen LogP contribution in [-0.4, -0.2) is 16.7 Å². The van der Waals surface area contributed by atoms with Gasteiger partial charge in [0.15, 0.2) is 5.78 Å². The molecule has 1 atom stereocenters. The van der Waals surface area contributed by atoms with Gasteiger partial charge in [0.05, 0.1) is 5.92 Å². The number of amides is 1. The van der Waals surface area contributed by atoms with E-state index in [-0.39, 0.29) is 23.5 Å². The Morgan fingerprint density at radius 1 is 1.12 bits per heavy atom. The van der Waals surface area contributed by atoms with Gasteiger partial charge in [-0.25, -0.2) is 4.98 Å². The first-order valence-electron chi connectivity index (χ1n) is 8.51. The topological polar surface area (TPSA) is 59.1 Å². The molecule has 1 aromatic carbocycles. The zero-order valence-electron chi connectivity index (χ0n) is 13.9. The van der Waals surface area contributed by atoms with Gasteiger partial charge in [-0.1, -0.05) is 37.1 Å². The summed E-state index contributed by atoms with van der Waals surface area (Å²) in [7, 11) is 0. The number of aromatic nitrogens is 1. The predicted molar refractivity (Wildman–Crippen MR) is 94.0 cm³/mol. The normalized spacial score (nSPS) is 15.9. The lowest BCUT2D eigenvalue weighted by atomic mass is 9.92. The molecule has 0 aliphatic heterocycles. The van der Waals surface area contributed by atoms with Crippen LogP contribution in [0.4, 0.5) is 5.82 Å². The number of anilines is 1. The van der Waals surface area contributed by atoms with Crippen molar-refractivity contribution in [1.29, 1.82) is 0 Å². The molecule has 1 aliphatic carbocycles. The van der Waals surface area contributed by atoms with Crippen LogP contribution in [0.2, 0.25) is 0 Å². The van der Waals surface area contributed by atoms with Crippen molar-refractivity contribution in [2.24, 2.45) is 5.92 Å². The zero-order valence-corrected chi connectivity index (χ0v) is 13.9. The van der Waals surface area contributed by atoms with Crippen LogP contribution in [-0.2, 0) is 4.79 Å². The van der Waals surface area contributed by atoms with Crippen LogP contribution in [0.5, 0.6) is 0 Å². The number of nitrogens with zero attached hydrogens (tertiary/aromatic N) is 1. The molecule has 0 spiro atoms. The lowest BCUT2D eigenvalue weighted by Gasteiger charge is -2.14. The number of Topliss-reactive ketones (excluding diaryl/α,β-unsaturated/α-hetero) is 1. The predicted octanol–water partition coefficient (Wildman–Crippen LogP) is 4.20. The summed E-state index contributed by atoms with van der Waals surface area (Å²) in [6.07, 6.45) is 5.89. The lowest BCUT2D eigenvalue weighted by Crippen LogP contribution is -2.20. The molecule has 1 N–H and O–H groups in total. The van der Waals surface area contributed by atoms with E-state index in [0.717, 1.165) is 36.8 Å². The molecule has 24 heavy (non-hydrogen) atoms. The van der Waals surface area contributed by atoms with Crippen molar-refractivity contribution in [2.75, 3.05) is 5.32 Å². The molecule has 0 saturated heterocycles. The Hall–Kier alpha value is -2.49. The van der Waals surface area contributed by atoms with E-state index in [0.29, 0.717) is 5.82 Å². The maximum absolute atomic E-state index is 12.6. The number of nitrogens with one attached hydrogen (secondary N) is 1. The monoisotopic (exact) mass is 322 g/mol. The first-order valence-corrected chi connectivity index (χ1v) is 8.51. The molecule has 1 aromatic heterocycles. The summed E-state index contributed by atoms with van der Waals surface area (Å²) in [4.78, 5) is 29.1. The molecule has 4 nitrogen and oxygen atoms in total. The largest absolute Gasteiger partial charge is 0.310 e. The van der Waals surface area contributed by atoms with Gasteiger partial charge in [-0.15, -0.1) is 0 Å². The Labute approximate surface area is 142 Å². The average Bonchev–Trinajstić information content (AvgIpc) is 3.16. The van der Waals surface area contributed by atoms with Gasteiger partial charge in [0.2, 0.25) is 5.91 Å². The molecule has 1 amide bonds. The number of rotatable bonds is 5. The molecule has 0 bridgehead atoms. The van der Waals surface area contributed by atoms with Crippen molar-refractivity contribution in [3.63, 3.8) is 0 Å². The van der Waals surface area contributed by atoms with Gasteiger partial charge in [-0.05, 0) is 43.5 Å². The molecule has 2 aromatic rings. The van der Waals surface area contributed by atoms with Gasteiger partial charge in [0.25, 0.3) is 0 Å². The second-order valence-electron chi connectivity index (χ2n) is 6.40. The van der Waals surface area contributed by atoms with Crippen molar-refractivity contribution in [3.05, 3.63) is 59.8 Å². The van der Waals surface area contributed by atoms with Crippen molar-refractivity contribution in [3.8, 4) is 0 Å². The molecular weight excluding hydrogens is 300 g/mol. The van der Waals surface area contributed by atoms with Gasteiger partial charge < -0.3 is 5.32 Å². The van der Waals surface area contributed by atoms with Gasteiger partial charge in [-0.2, -0.15) is 0 Å². The number of carbonyl (C=O) groups excluding carboxylic acids is 2. The second kappa shape index (κ2) is 7.39. The van der Waals surface area contributed by atoms with Crippen LogP contribution >= 0.6 is 0 Å². The Kier molecular flexibility index (Phi) is 5.04. The van der Waals surface area contributed by atoms with Crippen molar-refractivity contribution < 1.29 is 9.59 Å². The van der Waals surface area contributed by atoms with E-state index < -0.39 is 0 Å². The SMILES string of the molecule is C[C@@H](C(=O)Nc1ccccn1)c1cccc(C(=O)C2CCCC2)c1. The summed E-state index contributed by atoms with van der Waals surface area (Å²) in [5, 5.41) is 2.81. The van der Waals surface area contributed by atoms with Crippen LogP contribution < -0.4 is 5.32 Å². The minimum atomic E-state index is -0.344. The van der Waals surface area contributed by atoms with Crippen molar-refractivity contribution in [1.82, 2.24) is 4.98 Å². The van der Waals surface area contributed by atoms with Crippen molar-refractivity contribution >= 4 is 17.5 Å². The van der Waals surface area contributed by atoms with Gasteiger partial charge >= 0.3 is 0 Å². The highest BCUT2D eigenvalue weighted by atomic mass is 16.2. The third kappa shape index (κ3) is 3.70. The fourth-order valence-corrected chi connectivity index (χ4v) is 3.21. The minimum absolute atomic E-state index is 0.126. The fraction of sp³-hybridized carbons (Fsp3) is 0.350. The third-order valence-corrected chi connectivity index (χ3v) is 4.71. The molecule has 4 heteroatoms. The first kappa shape index (κ1) is 16.4. The van der Waals surface area contributed by atoms with Gasteiger partial charge in [-0.3, -0.25) is 9.59 Å². The van der Waals surface area contributed by atoms with E-state index in [9.17, 15) is 9.59 Å². The first-order chi connectivity index (χ1) is 11.6. The summed E-state index contributed by atoms with van der Waals surface area (Å²) in [6, 6.07) is 12.9. The van der Waals surface area contributed by atoms with Crippen molar-refractivity contribution in [2.45, 2.75) is 38.5 Å². The summed E-state index contributed by atoms with van der Waals surface area (Å²) >= 11 is 0. The Bertz CT molecular complexity index is 721. The Morgan fingerprint density at radius 3 is 2.62 bits per heavy atom. The van der Waals surface area contributed by atoms with E-state index in [1.165, 1.54) is 0 Å². The van der Waals surface area contributed by atoms with Crippen LogP contribution in [0.25, 0.3) is 0 Å². The highest BCUT2D eigenvalue weighted by molar-refractivity contribution is 5.99. The van der Waals surface area contributed by atoms with E-state index in [1.807, 2.05) is 37.3 Å². The van der Waals surface area contributed by atoms with E-state index in [4.69, 9.17) is 0 Å². The molecule has 1 saturated carbocycles. The number of pyridine rings is 1. The van der Waals surface area contributed by atoms with Crippen LogP contribution in [0, 0.1) is 5.92 Å². The fourth-order valence-electron chi connectivity index (χ4n) is 3.21. The molecule has 1 aliphatic rings. The number of carbonyl (C=O) groups is 2. The van der Waals surface area contributed by atoms with Crippen LogP contribution in [0.15, 0.2) is 48.7 Å². The molecule has 0 radical (unpaired) electrons. The smallest absolute Gasteiger partial charge is 0.232 e. The van der Waals surface area contributed by atoms with Crippen LogP contribution in [0.3, 0.4) is 0 Å². The maximum atomic E-state index is 12.6. The number of benzene rings is 1. The quantitative estimate of drug-likeness (QED) is 0.839. The number of hydrogen-bond acceptors (Lipinski definition) is 3. The van der Waals surface area contributed by atoms with Gasteiger partial charge in [0.1, 0.15) is 5.82 Å². The average molecular weight is 322 g/mol. The molecule has 1 fully saturated rings. The molecule has 0 unspecified atom stereocenters. The highest BCUT2D eigenvalue weighted by Crippen LogP contribution is 2.29. The maximum Gasteiger partial charge on any atom is 0.232 e. The summed E-state index contributed by atoms with van der Waals surface area (Å²) < 4.78 is 0. The summed E-state index contributed by atoms with van der Waals surface area (Å²) in [6.45, 7) is 1.84. The number of hydrogen-bond donors (Lipinski definition) is 1. The Morgan fingerprint density at radius 2 is 1.92 bits per heavy atom. The lowest BCUT2D eigenvalue weighted by molar-refractivity contribution is -0.117. The molecule has 1 heterocycles. The zero-order chi connectivity index (χ0) is 16.9. The summed E-state index contributed by atoms with van der Waals surface area (Å²) in [5.41, 5.74) is 1.57. The van der Waals surface area contributed by atoms with Crippen LogP contribution in [0.1, 0.15) is 54.4 Å². The summed E-state index contributed by atoms with van der Waals surface area (Å²) in [5.74, 6) is 0.430.